The average molecular weight is 546 g/mol. The molecule has 2 aliphatic heterocycles. The predicted molar refractivity (Wildman–Crippen MR) is 147 cm³/mol. The third-order valence-electron chi connectivity index (χ3n) is 7.48. The summed E-state index contributed by atoms with van der Waals surface area (Å²) in [4.78, 5) is 45.5. The molecular weight excluding hydrogens is 514 g/mol. The van der Waals surface area contributed by atoms with Crippen LogP contribution in [0.1, 0.15) is 48.7 Å². The number of ketones is 1. The zero-order chi connectivity index (χ0) is 27.7. The van der Waals surface area contributed by atoms with Crippen molar-refractivity contribution >= 4 is 26.8 Å². The Morgan fingerprint density at radius 2 is 1.69 bits per heavy atom. The topological polar surface area (TPSA) is 105 Å². The monoisotopic (exact) mass is 545 g/mol. The van der Waals surface area contributed by atoms with E-state index >= 15 is 0 Å². The van der Waals surface area contributed by atoms with Crippen molar-refractivity contribution < 1.29 is 22.8 Å². The molecule has 0 spiro atoms. The van der Waals surface area contributed by atoms with E-state index in [1.54, 1.807) is 6.07 Å². The van der Waals surface area contributed by atoms with Crippen LogP contribution in [0.5, 0.6) is 0 Å². The standard InChI is InChI=1S/C30H31N3O5S/c1-20(2)17-24(23-12-8-11-22(18-23)21-9-4-3-5-10-21)29(35)32-16-14-26-28(32)27(34)19-33(26)39(37,38)30(36)25-13-6-7-15-31-25/h3-13,15,18,20,24,26,28H,14,16-17,19H2,1-2H3. The molecule has 3 aromatic rings. The molecule has 2 aromatic carbocycles. The molecule has 39 heavy (non-hydrogen) atoms. The molecule has 2 fully saturated rings. The number of likely N-dealkylation sites (tertiary alicyclic amines) is 1. The summed E-state index contributed by atoms with van der Waals surface area (Å²) in [5.74, 6) is -0.833. The van der Waals surface area contributed by atoms with E-state index in [4.69, 9.17) is 0 Å². The van der Waals surface area contributed by atoms with E-state index < -0.39 is 39.7 Å². The van der Waals surface area contributed by atoms with Gasteiger partial charge in [-0.05, 0) is 47.6 Å². The first-order valence-corrected chi connectivity index (χ1v) is 14.6. The van der Waals surface area contributed by atoms with Crippen LogP contribution < -0.4 is 0 Å². The molecule has 3 atom stereocenters. The fourth-order valence-electron chi connectivity index (χ4n) is 5.68. The van der Waals surface area contributed by atoms with Crippen LogP contribution in [0, 0.1) is 5.92 Å². The van der Waals surface area contributed by atoms with Crippen molar-refractivity contribution in [2.75, 3.05) is 13.1 Å². The Bertz CT molecular complexity index is 1490. The molecule has 0 radical (unpaired) electrons. The maximum absolute atomic E-state index is 14.1. The van der Waals surface area contributed by atoms with Gasteiger partial charge in [-0.3, -0.25) is 19.4 Å². The second kappa shape index (κ2) is 10.8. The molecule has 0 saturated carbocycles. The van der Waals surface area contributed by atoms with Crippen LogP contribution in [0.3, 0.4) is 0 Å². The summed E-state index contributed by atoms with van der Waals surface area (Å²) in [6.45, 7) is 3.91. The Kier molecular flexibility index (Phi) is 7.46. The highest BCUT2D eigenvalue weighted by atomic mass is 32.2. The smallest absolute Gasteiger partial charge is 0.310 e. The normalized spacial score (nSPS) is 20.3. The van der Waals surface area contributed by atoms with Crippen LogP contribution in [-0.2, 0) is 19.6 Å². The number of rotatable bonds is 7. The zero-order valence-electron chi connectivity index (χ0n) is 21.9. The van der Waals surface area contributed by atoms with Gasteiger partial charge in [0.1, 0.15) is 11.7 Å². The van der Waals surface area contributed by atoms with Gasteiger partial charge < -0.3 is 4.90 Å². The van der Waals surface area contributed by atoms with E-state index in [9.17, 15) is 22.8 Å². The van der Waals surface area contributed by atoms with E-state index in [2.05, 4.69) is 4.98 Å². The van der Waals surface area contributed by atoms with E-state index in [1.807, 2.05) is 68.4 Å². The number of Topliss-reactive ketones (excluding diaryl/α,β-unsaturated/α-hetero) is 1. The Hall–Kier alpha value is -3.69. The largest absolute Gasteiger partial charge is 0.330 e. The fourth-order valence-corrected chi connectivity index (χ4v) is 7.15. The maximum atomic E-state index is 14.1. The molecule has 3 unspecified atom stereocenters. The van der Waals surface area contributed by atoms with Crippen LogP contribution in [0.25, 0.3) is 11.1 Å². The van der Waals surface area contributed by atoms with Gasteiger partial charge in [0.05, 0.1) is 18.5 Å². The minimum atomic E-state index is -4.48. The second-order valence-electron chi connectivity index (χ2n) is 10.5. The summed E-state index contributed by atoms with van der Waals surface area (Å²) in [6, 6.07) is 20.6. The molecule has 5 rings (SSSR count). The third kappa shape index (κ3) is 5.16. The van der Waals surface area contributed by atoms with Gasteiger partial charge in [0.25, 0.3) is 10.0 Å². The molecule has 0 N–H and O–H groups in total. The number of carbonyl (C=O) groups is 3. The van der Waals surface area contributed by atoms with Crippen LogP contribution in [0.4, 0.5) is 0 Å². The van der Waals surface area contributed by atoms with Crippen molar-refractivity contribution in [1.29, 1.82) is 0 Å². The van der Waals surface area contributed by atoms with Gasteiger partial charge >= 0.3 is 5.12 Å². The van der Waals surface area contributed by atoms with Gasteiger partial charge in [0, 0.05) is 12.7 Å². The maximum Gasteiger partial charge on any atom is 0.310 e. The first-order valence-electron chi connectivity index (χ1n) is 13.1. The zero-order valence-corrected chi connectivity index (χ0v) is 22.8. The van der Waals surface area contributed by atoms with Crippen molar-refractivity contribution in [3.05, 3.63) is 90.3 Å². The van der Waals surface area contributed by atoms with E-state index in [0.29, 0.717) is 6.42 Å². The van der Waals surface area contributed by atoms with Crippen molar-refractivity contribution in [3.63, 3.8) is 0 Å². The number of fused-ring (bicyclic) bond motifs is 1. The summed E-state index contributed by atoms with van der Waals surface area (Å²) >= 11 is 0. The number of carbonyl (C=O) groups excluding carboxylic acids is 3. The van der Waals surface area contributed by atoms with Gasteiger partial charge in [-0.1, -0.05) is 74.5 Å². The van der Waals surface area contributed by atoms with Gasteiger partial charge in [-0.25, -0.2) is 8.42 Å². The average Bonchev–Trinajstić information content (AvgIpc) is 3.53. The summed E-state index contributed by atoms with van der Waals surface area (Å²) in [6.07, 6.45) is 2.22. The van der Waals surface area contributed by atoms with Crippen LogP contribution >= 0.6 is 0 Å². The van der Waals surface area contributed by atoms with Crippen molar-refractivity contribution in [2.24, 2.45) is 5.92 Å². The van der Waals surface area contributed by atoms with Crippen molar-refractivity contribution in [1.82, 2.24) is 14.2 Å². The molecule has 0 bridgehead atoms. The first-order chi connectivity index (χ1) is 18.7. The molecule has 1 amide bonds. The number of benzene rings is 2. The van der Waals surface area contributed by atoms with Crippen molar-refractivity contribution in [3.8, 4) is 11.1 Å². The summed E-state index contributed by atoms with van der Waals surface area (Å²) in [5, 5.41) is -1.14. The number of nitrogens with zero attached hydrogens (tertiary/aromatic N) is 3. The molecule has 2 aliphatic rings. The quantitative estimate of drug-likeness (QED) is 0.446. The number of amides is 1. The first kappa shape index (κ1) is 26.9. The van der Waals surface area contributed by atoms with Crippen LogP contribution in [0.15, 0.2) is 79.0 Å². The highest BCUT2D eigenvalue weighted by Gasteiger charge is 2.55. The lowest BCUT2D eigenvalue weighted by molar-refractivity contribution is -0.138. The molecule has 8 nitrogen and oxygen atoms in total. The molecule has 1 aromatic heterocycles. The molecule has 202 valence electrons. The number of pyridine rings is 1. The van der Waals surface area contributed by atoms with Gasteiger partial charge in [-0.15, -0.1) is 0 Å². The molecule has 2 saturated heterocycles. The highest BCUT2D eigenvalue weighted by molar-refractivity contribution is 8.04. The van der Waals surface area contributed by atoms with Gasteiger partial charge in [0.15, 0.2) is 5.78 Å². The summed E-state index contributed by atoms with van der Waals surface area (Å²) < 4.78 is 27.5. The molecule has 0 aliphatic carbocycles. The lowest BCUT2D eigenvalue weighted by atomic mass is 9.87. The number of sulfonamides is 1. The number of aromatic nitrogens is 1. The van der Waals surface area contributed by atoms with Crippen LogP contribution in [0.2, 0.25) is 0 Å². The summed E-state index contributed by atoms with van der Waals surface area (Å²) in [7, 11) is -4.48. The SMILES string of the molecule is CC(C)CC(C(=O)N1CCC2C1C(=O)CN2S(=O)(=O)C(=O)c1ccccn1)c1cccc(-c2ccccc2)c1. The van der Waals surface area contributed by atoms with E-state index in [0.717, 1.165) is 21.0 Å². The predicted octanol–water partition coefficient (Wildman–Crippen LogP) is 3.90. The Balaban J connectivity index is 1.42. The molecular formula is C30H31N3O5S. The Morgan fingerprint density at radius 3 is 2.38 bits per heavy atom. The number of hydrogen-bond acceptors (Lipinski definition) is 6. The van der Waals surface area contributed by atoms with Crippen molar-refractivity contribution in [2.45, 2.75) is 44.7 Å². The minimum Gasteiger partial charge on any atom is -0.330 e. The summed E-state index contributed by atoms with van der Waals surface area (Å²) in [5.41, 5.74) is 2.70. The van der Waals surface area contributed by atoms with Gasteiger partial charge in [-0.2, -0.15) is 4.31 Å². The second-order valence-corrected chi connectivity index (χ2v) is 12.3. The van der Waals surface area contributed by atoms with Crippen LogP contribution in [-0.4, -0.2) is 64.6 Å². The van der Waals surface area contributed by atoms with E-state index in [1.165, 1.54) is 23.2 Å². The lowest BCUT2D eigenvalue weighted by Crippen LogP contribution is -2.46. The Labute approximate surface area is 228 Å². The third-order valence-corrected chi connectivity index (χ3v) is 9.17. The lowest BCUT2D eigenvalue weighted by Gasteiger charge is -2.29. The van der Waals surface area contributed by atoms with Gasteiger partial charge in [0.2, 0.25) is 5.91 Å². The Morgan fingerprint density at radius 1 is 0.974 bits per heavy atom. The fraction of sp³-hybridized carbons (Fsp3) is 0.333. The highest BCUT2D eigenvalue weighted by Crippen LogP contribution is 2.37. The molecule has 3 heterocycles. The number of hydrogen-bond donors (Lipinski definition) is 0. The van der Waals surface area contributed by atoms with E-state index in [-0.39, 0.29) is 36.3 Å². The minimum absolute atomic E-state index is 0.190. The molecule has 9 heteroatoms.